The van der Waals surface area contributed by atoms with Crippen molar-refractivity contribution < 1.29 is 24.5 Å². The van der Waals surface area contributed by atoms with Gasteiger partial charge in [-0.15, -0.1) is 0 Å². The largest absolute Gasteiger partial charge is 0.462 e. The van der Waals surface area contributed by atoms with Gasteiger partial charge in [-0.1, -0.05) is 196 Å². The van der Waals surface area contributed by atoms with Gasteiger partial charge in [-0.25, -0.2) is 0 Å². The number of carbonyl (C=O) groups is 2. The number of rotatable bonds is 44. The molecule has 0 bridgehead atoms. The molecule has 0 aliphatic heterocycles. The molecule has 0 heterocycles. The highest BCUT2D eigenvalue weighted by atomic mass is 16.5. The van der Waals surface area contributed by atoms with E-state index in [0.717, 1.165) is 103 Å². The van der Waals surface area contributed by atoms with E-state index in [2.05, 4.69) is 99.0 Å². The van der Waals surface area contributed by atoms with E-state index in [1.165, 1.54) is 83.5 Å². The first-order valence-corrected chi connectivity index (χ1v) is 25.2. The van der Waals surface area contributed by atoms with Crippen molar-refractivity contribution in [3.63, 3.8) is 0 Å². The highest BCUT2D eigenvalue weighted by Crippen LogP contribution is 2.17. The van der Waals surface area contributed by atoms with Gasteiger partial charge >= 0.3 is 5.97 Å². The number of aliphatic hydroxyl groups excluding tert-OH is 2. The number of hydrogen-bond donors (Lipinski definition) is 3. The first-order valence-electron chi connectivity index (χ1n) is 25.2. The highest BCUT2D eigenvalue weighted by Gasteiger charge is 2.24. The lowest BCUT2D eigenvalue weighted by atomic mass is 10.0. The molecule has 6 nitrogen and oxygen atoms in total. The lowest BCUT2D eigenvalue weighted by Gasteiger charge is -2.24. The maximum Gasteiger partial charge on any atom is 0.306 e. The highest BCUT2D eigenvalue weighted by molar-refractivity contribution is 5.77. The van der Waals surface area contributed by atoms with Crippen LogP contribution in [0, 0.1) is 0 Å². The van der Waals surface area contributed by atoms with Gasteiger partial charge in [-0.3, -0.25) is 9.59 Å². The lowest BCUT2D eigenvalue weighted by molar-refractivity contribution is -0.151. The molecule has 60 heavy (non-hydrogen) atoms. The van der Waals surface area contributed by atoms with Gasteiger partial charge in [-0.05, 0) is 96.3 Å². The van der Waals surface area contributed by atoms with E-state index in [4.69, 9.17) is 4.74 Å². The Bertz CT molecular complexity index is 1120. The van der Waals surface area contributed by atoms with Gasteiger partial charge < -0.3 is 20.3 Å². The van der Waals surface area contributed by atoms with E-state index >= 15 is 0 Å². The van der Waals surface area contributed by atoms with Crippen molar-refractivity contribution in [3.8, 4) is 0 Å². The van der Waals surface area contributed by atoms with Gasteiger partial charge in [0.1, 0.15) is 6.10 Å². The Kier molecular flexibility index (Phi) is 45.2. The van der Waals surface area contributed by atoms with E-state index in [-0.39, 0.29) is 24.9 Å². The molecular weight excluding hydrogens is 743 g/mol. The number of nitrogens with one attached hydrogen (secondary N) is 1. The zero-order chi connectivity index (χ0) is 43.8. The van der Waals surface area contributed by atoms with Crippen LogP contribution in [0.25, 0.3) is 0 Å². The summed E-state index contributed by atoms with van der Waals surface area (Å²) in [6.07, 6.45) is 59.6. The van der Waals surface area contributed by atoms with Crippen LogP contribution in [0.15, 0.2) is 72.9 Å². The molecule has 0 saturated carbocycles. The quantitative estimate of drug-likeness (QED) is 0.0323. The number of amides is 1. The molecule has 0 aliphatic carbocycles. The standard InChI is InChI=1S/C54H95NO5/c1-4-7-10-13-16-19-21-23-24-25-26-27-28-30-32-35-38-41-44-47-54(59)60-50(45-42-39-36-34-31-29-22-20-17-14-11-8-5-2)48-53(58)55-51(49-56)52(57)46-43-40-37-33-18-15-12-9-6-3/h7,10,16,19-20,22-24,26-27,30,32,50-52,56-57H,4-6,8-9,11-15,17-18,21,25,28-29,31,33-49H2,1-3H3,(H,55,58)/b10-7-,19-16-,22-20-,24-23-,27-26-,32-30-. The van der Waals surface area contributed by atoms with Gasteiger partial charge in [0.2, 0.25) is 5.91 Å². The SMILES string of the molecule is CC/C=C\C/C=C\C/C=C\C/C=C\C/C=C\CCCCCC(=O)OC(CCCCCCC/C=C\CCCCCC)CC(=O)NC(CO)C(O)CCCCCCCCCCC. The molecule has 0 fully saturated rings. The van der Waals surface area contributed by atoms with Crippen LogP contribution in [-0.4, -0.2) is 46.9 Å². The number of esters is 1. The second-order valence-corrected chi connectivity index (χ2v) is 16.8. The lowest BCUT2D eigenvalue weighted by Crippen LogP contribution is -2.46. The van der Waals surface area contributed by atoms with Gasteiger partial charge in [0.25, 0.3) is 0 Å². The fourth-order valence-electron chi connectivity index (χ4n) is 7.21. The van der Waals surface area contributed by atoms with Crippen LogP contribution >= 0.6 is 0 Å². The van der Waals surface area contributed by atoms with Crippen LogP contribution in [0.3, 0.4) is 0 Å². The van der Waals surface area contributed by atoms with E-state index in [9.17, 15) is 19.8 Å². The predicted octanol–water partition coefficient (Wildman–Crippen LogP) is 15.0. The summed E-state index contributed by atoms with van der Waals surface area (Å²) in [6.45, 7) is 6.32. The number of allylic oxidation sites excluding steroid dienone is 12. The molecule has 0 rings (SSSR count). The van der Waals surface area contributed by atoms with Crippen LogP contribution in [0.5, 0.6) is 0 Å². The summed E-state index contributed by atoms with van der Waals surface area (Å²) in [4.78, 5) is 26.1. The molecule has 1 amide bonds. The summed E-state index contributed by atoms with van der Waals surface area (Å²) in [5.74, 6) is -0.523. The number of ether oxygens (including phenoxy) is 1. The van der Waals surface area contributed by atoms with Gasteiger partial charge in [0.15, 0.2) is 0 Å². The third kappa shape index (κ3) is 42.0. The molecule has 346 valence electrons. The molecular formula is C54H95NO5. The number of carbonyl (C=O) groups excluding carboxylic acids is 2. The third-order valence-corrected chi connectivity index (χ3v) is 11.0. The Morgan fingerprint density at radius 2 is 0.900 bits per heavy atom. The summed E-state index contributed by atoms with van der Waals surface area (Å²) < 4.78 is 5.91. The van der Waals surface area contributed by atoms with Gasteiger partial charge in [-0.2, -0.15) is 0 Å². The van der Waals surface area contributed by atoms with E-state index in [1.54, 1.807) is 0 Å². The molecule has 0 spiro atoms. The van der Waals surface area contributed by atoms with Crippen molar-refractivity contribution in [2.75, 3.05) is 6.61 Å². The molecule has 0 radical (unpaired) electrons. The average molecular weight is 838 g/mol. The Hall–Kier alpha value is -2.70. The zero-order valence-electron chi connectivity index (χ0n) is 39.3. The summed E-state index contributed by atoms with van der Waals surface area (Å²) in [6, 6.07) is -0.712. The maximum absolute atomic E-state index is 13.2. The van der Waals surface area contributed by atoms with Crippen molar-refractivity contribution in [1.29, 1.82) is 0 Å². The van der Waals surface area contributed by atoms with Crippen LogP contribution in [0.2, 0.25) is 0 Å². The fourth-order valence-corrected chi connectivity index (χ4v) is 7.21. The fraction of sp³-hybridized carbons (Fsp3) is 0.741. The van der Waals surface area contributed by atoms with E-state index in [1.807, 2.05) is 0 Å². The van der Waals surface area contributed by atoms with Crippen molar-refractivity contribution in [2.45, 2.75) is 251 Å². The first kappa shape index (κ1) is 57.3. The number of aliphatic hydroxyl groups is 2. The van der Waals surface area contributed by atoms with Gasteiger partial charge in [0.05, 0.1) is 25.2 Å². The Balaban J connectivity index is 4.63. The Morgan fingerprint density at radius 3 is 1.40 bits per heavy atom. The number of unbranched alkanes of at least 4 members (excludes halogenated alkanes) is 20. The van der Waals surface area contributed by atoms with Crippen molar-refractivity contribution >= 4 is 11.9 Å². The smallest absolute Gasteiger partial charge is 0.306 e. The minimum Gasteiger partial charge on any atom is -0.462 e. The molecule has 0 saturated heterocycles. The topological polar surface area (TPSA) is 95.9 Å². The predicted molar refractivity (Wildman–Crippen MR) is 259 cm³/mol. The van der Waals surface area contributed by atoms with Crippen LogP contribution < -0.4 is 5.32 Å². The molecule has 3 atom stereocenters. The van der Waals surface area contributed by atoms with Crippen LogP contribution in [0.1, 0.15) is 233 Å². The monoisotopic (exact) mass is 838 g/mol. The second kappa shape index (κ2) is 47.4. The average Bonchev–Trinajstić information content (AvgIpc) is 3.24. The van der Waals surface area contributed by atoms with Gasteiger partial charge in [0, 0.05) is 6.42 Å². The minimum absolute atomic E-state index is 0.0557. The van der Waals surface area contributed by atoms with Crippen molar-refractivity contribution in [2.24, 2.45) is 0 Å². The molecule has 0 aromatic heterocycles. The summed E-state index contributed by atoms with van der Waals surface area (Å²) in [5, 5.41) is 23.6. The minimum atomic E-state index is -0.796. The van der Waals surface area contributed by atoms with Crippen LogP contribution in [0.4, 0.5) is 0 Å². The van der Waals surface area contributed by atoms with E-state index < -0.39 is 18.2 Å². The third-order valence-electron chi connectivity index (χ3n) is 11.0. The Morgan fingerprint density at radius 1 is 0.500 bits per heavy atom. The molecule has 3 N–H and O–H groups in total. The normalized spacial score (nSPS) is 13.9. The van der Waals surface area contributed by atoms with Crippen molar-refractivity contribution in [3.05, 3.63) is 72.9 Å². The first-order chi connectivity index (χ1) is 29.5. The van der Waals surface area contributed by atoms with E-state index in [0.29, 0.717) is 19.3 Å². The molecule has 0 aromatic carbocycles. The molecule has 3 unspecified atom stereocenters. The maximum atomic E-state index is 13.2. The number of hydrogen-bond acceptors (Lipinski definition) is 5. The molecule has 0 aromatic rings. The second-order valence-electron chi connectivity index (χ2n) is 16.8. The van der Waals surface area contributed by atoms with Crippen LogP contribution in [-0.2, 0) is 14.3 Å². The summed E-state index contributed by atoms with van der Waals surface area (Å²) >= 11 is 0. The summed E-state index contributed by atoms with van der Waals surface area (Å²) in [5.41, 5.74) is 0. The van der Waals surface area contributed by atoms with Crippen molar-refractivity contribution in [1.82, 2.24) is 5.32 Å². The molecule has 0 aliphatic rings. The summed E-state index contributed by atoms with van der Waals surface area (Å²) in [7, 11) is 0. The molecule has 6 heteroatoms. The zero-order valence-corrected chi connectivity index (χ0v) is 39.3. The Labute approximate surface area is 371 Å².